The van der Waals surface area contributed by atoms with E-state index in [-0.39, 0.29) is 24.2 Å². The lowest BCUT2D eigenvalue weighted by Gasteiger charge is -2.26. The van der Waals surface area contributed by atoms with Crippen LogP contribution in [0.4, 0.5) is 14.9 Å². The van der Waals surface area contributed by atoms with Gasteiger partial charge in [0.2, 0.25) is 5.91 Å². The number of benzene rings is 1. The van der Waals surface area contributed by atoms with Gasteiger partial charge in [0.1, 0.15) is 11.4 Å². The molecule has 0 aliphatic carbocycles. The van der Waals surface area contributed by atoms with Crippen LogP contribution in [0.5, 0.6) is 0 Å². The largest absolute Gasteiger partial charge is 0.444 e. The third-order valence-corrected chi connectivity index (χ3v) is 3.76. The van der Waals surface area contributed by atoms with E-state index < -0.39 is 11.4 Å². The number of nitrogens with one attached hydrogen (secondary N) is 1. The van der Waals surface area contributed by atoms with Crippen molar-refractivity contribution in [2.75, 3.05) is 38.0 Å². The number of carbonyl (C=O) groups is 2. The highest BCUT2D eigenvalue weighted by Gasteiger charge is 2.25. The van der Waals surface area contributed by atoms with E-state index in [9.17, 15) is 14.0 Å². The summed E-state index contributed by atoms with van der Waals surface area (Å²) in [7, 11) is 0. The van der Waals surface area contributed by atoms with E-state index >= 15 is 0 Å². The van der Waals surface area contributed by atoms with Crippen LogP contribution in [0.25, 0.3) is 0 Å². The summed E-state index contributed by atoms with van der Waals surface area (Å²) < 4.78 is 19.0. The van der Waals surface area contributed by atoms with Gasteiger partial charge in [-0.3, -0.25) is 9.69 Å². The van der Waals surface area contributed by atoms with E-state index in [0.29, 0.717) is 26.2 Å². The van der Waals surface area contributed by atoms with Gasteiger partial charge in [-0.05, 0) is 39.3 Å². The number of anilines is 1. The first-order valence-corrected chi connectivity index (χ1v) is 8.49. The van der Waals surface area contributed by atoms with Crippen LogP contribution in [-0.2, 0) is 9.53 Å². The predicted molar refractivity (Wildman–Crippen MR) is 93.9 cm³/mol. The summed E-state index contributed by atoms with van der Waals surface area (Å²) in [6.07, 6.45) is 0.428. The van der Waals surface area contributed by atoms with Gasteiger partial charge in [0.15, 0.2) is 0 Å². The van der Waals surface area contributed by atoms with Crippen LogP contribution in [0.2, 0.25) is 0 Å². The monoisotopic (exact) mass is 351 g/mol. The van der Waals surface area contributed by atoms with Gasteiger partial charge >= 0.3 is 6.09 Å². The van der Waals surface area contributed by atoms with Crippen LogP contribution in [0.1, 0.15) is 27.2 Å². The molecule has 0 aromatic heterocycles. The van der Waals surface area contributed by atoms with Crippen molar-refractivity contribution in [3.05, 3.63) is 30.1 Å². The molecule has 138 valence electrons. The summed E-state index contributed by atoms with van der Waals surface area (Å²) in [6.45, 7) is 8.04. The molecule has 1 saturated heterocycles. The average Bonchev–Trinajstić information content (AvgIpc) is 2.73. The molecule has 1 aromatic carbocycles. The Morgan fingerprint density at radius 1 is 1.16 bits per heavy atom. The number of para-hydroxylation sites is 1. The van der Waals surface area contributed by atoms with Crippen LogP contribution < -0.4 is 5.32 Å². The third-order valence-electron chi connectivity index (χ3n) is 3.76. The van der Waals surface area contributed by atoms with Crippen molar-refractivity contribution in [1.29, 1.82) is 0 Å². The zero-order chi connectivity index (χ0) is 18.4. The molecule has 25 heavy (non-hydrogen) atoms. The maximum atomic E-state index is 13.6. The van der Waals surface area contributed by atoms with Gasteiger partial charge in [0.05, 0.1) is 12.2 Å². The second-order valence-corrected chi connectivity index (χ2v) is 7.13. The lowest BCUT2D eigenvalue weighted by molar-refractivity contribution is -0.117. The van der Waals surface area contributed by atoms with Gasteiger partial charge in [0, 0.05) is 26.2 Å². The molecule has 0 spiro atoms. The Kier molecular flexibility index (Phi) is 6.36. The fraction of sp³-hybridized carbons (Fsp3) is 0.556. The first-order valence-electron chi connectivity index (χ1n) is 8.49. The number of halogens is 1. The molecule has 1 heterocycles. The minimum absolute atomic E-state index is 0.163. The zero-order valence-corrected chi connectivity index (χ0v) is 15.0. The molecule has 2 rings (SSSR count). The molecule has 0 saturated carbocycles. The van der Waals surface area contributed by atoms with Crippen LogP contribution >= 0.6 is 0 Å². The van der Waals surface area contributed by atoms with E-state index in [1.54, 1.807) is 17.0 Å². The van der Waals surface area contributed by atoms with Crippen molar-refractivity contribution in [2.45, 2.75) is 32.8 Å². The van der Waals surface area contributed by atoms with E-state index in [0.717, 1.165) is 6.42 Å². The minimum atomic E-state index is -0.525. The first kappa shape index (κ1) is 19.2. The Labute approximate surface area is 147 Å². The van der Waals surface area contributed by atoms with Gasteiger partial charge in [0.25, 0.3) is 0 Å². The predicted octanol–water partition coefficient (Wildman–Crippen LogP) is 2.71. The quantitative estimate of drug-likeness (QED) is 0.910. The summed E-state index contributed by atoms with van der Waals surface area (Å²) in [5, 5.41) is 2.58. The number of hydrogen-bond acceptors (Lipinski definition) is 4. The van der Waals surface area contributed by atoms with E-state index in [4.69, 9.17) is 4.74 Å². The van der Waals surface area contributed by atoms with Crippen molar-refractivity contribution < 1.29 is 18.7 Å². The first-order chi connectivity index (χ1) is 11.7. The molecule has 6 nitrogen and oxygen atoms in total. The molecular weight excluding hydrogens is 325 g/mol. The summed E-state index contributed by atoms with van der Waals surface area (Å²) >= 11 is 0. The fourth-order valence-corrected chi connectivity index (χ4v) is 2.59. The average molecular weight is 351 g/mol. The molecule has 0 unspecified atom stereocenters. The van der Waals surface area contributed by atoms with Crippen LogP contribution in [0.15, 0.2) is 24.3 Å². The molecule has 1 aliphatic heterocycles. The SMILES string of the molecule is CC(C)(C)OC(=O)N1CCCN(CC(=O)Nc2ccccc2F)CC1. The standard InChI is InChI=1S/C18H26FN3O3/c1-18(2,3)25-17(24)22-10-6-9-21(11-12-22)13-16(23)20-15-8-5-4-7-14(15)19/h4-5,7-8H,6,9-13H2,1-3H3,(H,20,23). The number of rotatable bonds is 3. The highest BCUT2D eigenvalue weighted by Crippen LogP contribution is 2.14. The molecule has 0 bridgehead atoms. The minimum Gasteiger partial charge on any atom is -0.444 e. The summed E-state index contributed by atoms with van der Waals surface area (Å²) in [5.74, 6) is -0.723. The maximum absolute atomic E-state index is 13.6. The van der Waals surface area contributed by atoms with E-state index in [1.807, 2.05) is 25.7 Å². The smallest absolute Gasteiger partial charge is 0.410 e. The Morgan fingerprint density at radius 2 is 1.88 bits per heavy atom. The molecule has 1 aliphatic rings. The summed E-state index contributed by atoms with van der Waals surface area (Å²) in [5.41, 5.74) is -0.347. The normalized spacial score (nSPS) is 16.2. The van der Waals surface area contributed by atoms with Crippen molar-refractivity contribution in [2.24, 2.45) is 0 Å². The number of carbonyl (C=O) groups excluding carboxylic acids is 2. The highest BCUT2D eigenvalue weighted by molar-refractivity contribution is 5.92. The Hall–Kier alpha value is -2.15. The van der Waals surface area contributed by atoms with Gasteiger partial charge in [-0.2, -0.15) is 0 Å². The van der Waals surface area contributed by atoms with Gasteiger partial charge < -0.3 is 15.0 Å². The van der Waals surface area contributed by atoms with E-state index in [2.05, 4.69) is 5.32 Å². The highest BCUT2D eigenvalue weighted by atomic mass is 19.1. The molecule has 2 amide bonds. The lowest BCUT2D eigenvalue weighted by atomic mass is 10.2. The molecule has 0 radical (unpaired) electrons. The van der Waals surface area contributed by atoms with Crippen molar-refractivity contribution in [3.63, 3.8) is 0 Å². The van der Waals surface area contributed by atoms with Gasteiger partial charge in [-0.25, -0.2) is 9.18 Å². The molecule has 1 N–H and O–H groups in total. The summed E-state index contributed by atoms with van der Waals surface area (Å²) in [4.78, 5) is 27.9. The van der Waals surface area contributed by atoms with Gasteiger partial charge in [-0.1, -0.05) is 12.1 Å². The van der Waals surface area contributed by atoms with Crippen molar-refractivity contribution >= 4 is 17.7 Å². The van der Waals surface area contributed by atoms with Gasteiger partial charge in [-0.15, -0.1) is 0 Å². The molecule has 0 atom stereocenters. The zero-order valence-electron chi connectivity index (χ0n) is 15.0. The van der Waals surface area contributed by atoms with Crippen molar-refractivity contribution in [1.82, 2.24) is 9.80 Å². The Bertz CT molecular complexity index is 616. The Morgan fingerprint density at radius 3 is 2.56 bits per heavy atom. The lowest BCUT2D eigenvalue weighted by Crippen LogP contribution is -2.40. The number of nitrogens with zero attached hydrogens (tertiary/aromatic N) is 2. The second-order valence-electron chi connectivity index (χ2n) is 7.13. The molecular formula is C18H26FN3O3. The molecule has 1 fully saturated rings. The second kappa shape index (κ2) is 8.29. The van der Waals surface area contributed by atoms with Crippen molar-refractivity contribution in [3.8, 4) is 0 Å². The molecule has 1 aromatic rings. The topological polar surface area (TPSA) is 61.9 Å². The van der Waals surface area contributed by atoms with E-state index in [1.165, 1.54) is 12.1 Å². The summed E-state index contributed by atoms with van der Waals surface area (Å²) in [6, 6.07) is 6.08. The number of amides is 2. The molecule has 7 heteroatoms. The Balaban J connectivity index is 1.83. The third kappa shape index (κ3) is 6.34. The number of ether oxygens (including phenoxy) is 1. The van der Waals surface area contributed by atoms with Crippen LogP contribution in [0, 0.1) is 5.82 Å². The number of hydrogen-bond donors (Lipinski definition) is 1. The fourth-order valence-electron chi connectivity index (χ4n) is 2.59. The van der Waals surface area contributed by atoms with Crippen LogP contribution in [0.3, 0.4) is 0 Å². The maximum Gasteiger partial charge on any atom is 0.410 e. The van der Waals surface area contributed by atoms with Crippen LogP contribution in [-0.4, -0.2) is 60.1 Å².